The molecule has 3 aliphatic rings. The van der Waals surface area contributed by atoms with E-state index in [4.69, 9.17) is 4.74 Å². The zero-order chi connectivity index (χ0) is 17.3. The minimum Gasteiger partial charge on any atom is -0.365 e. The fourth-order valence-electron chi connectivity index (χ4n) is 4.35. The molecule has 0 bridgehead atoms. The summed E-state index contributed by atoms with van der Waals surface area (Å²) in [5.74, 6) is 0.0242. The number of fused-ring (bicyclic) bond motifs is 1. The first-order valence-electron chi connectivity index (χ1n) is 9.91. The number of carbonyl (C=O) groups is 1. The van der Waals surface area contributed by atoms with Gasteiger partial charge in [-0.25, -0.2) is 0 Å². The van der Waals surface area contributed by atoms with E-state index in [0.29, 0.717) is 13.2 Å². The molecule has 0 spiro atoms. The van der Waals surface area contributed by atoms with Gasteiger partial charge >= 0.3 is 0 Å². The second kappa shape index (κ2) is 8.28. The zero-order valence-corrected chi connectivity index (χ0v) is 16.6. The van der Waals surface area contributed by atoms with Crippen molar-refractivity contribution < 1.29 is 9.53 Å². The van der Waals surface area contributed by atoms with Gasteiger partial charge in [-0.1, -0.05) is 24.6 Å². The number of amides is 1. The van der Waals surface area contributed by atoms with E-state index in [1.165, 1.54) is 49.0 Å². The van der Waals surface area contributed by atoms with Gasteiger partial charge in [0.2, 0.25) is 0 Å². The van der Waals surface area contributed by atoms with Gasteiger partial charge < -0.3 is 10.1 Å². The Bertz CT molecular complexity index is 639. The number of halogens is 1. The van der Waals surface area contributed by atoms with Crippen LogP contribution < -0.4 is 5.32 Å². The molecule has 5 heteroatoms. The average molecular weight is 379 g/mol. The van der Waals surface area contributed by atoms with Crippen LogP contribution in [0.2, 0.25) is 0 Å². The Morgan fingerprint density at radius 1 is 1.23 bits per heavy atom. The van der Waals surface area contributed by atoms with Crippen LogP contribution in [0.1, 0.15) is 55.7 Å². The second-order valence-corrected chi connectivity index (χ2v) is 8.09. The minimum absolute atomic E-state index is 0. The molecule has 26 heavy (non-hydrogen) atoms. The van der Waals surface area contributed by atoms with Crippen molar-refractivity contribution in [2.24, 2.45) is 0 Å². The summed E-state index contributed by atoms with van der Waals surface area (Å²) in [4.78, 5) is 15.1. The summed E-state index contributed by atoms with van der Waals surface area (Å²) in [6, 6.07) is 7.59. The number of hydrogen-bond donors (Lipinski definition) is 1. The summed E-state index contributed by atoms with van der Waals surface area (Å²) in [5, 5.41) is 3.07. The molecule has 1 aromatic carbocycles. The van der Waals surface area contributed by atoms with Gasteiger partial charge in [-0.3, -0.25) is 9.69 Å². The largest absolute Gasteiger partial charge is 0.365 e. The standard InChI is InChI=1S/C21H30N2O2.ClH/c1-21(10-3-13-25-21)20(24)22-15-16-6-7-17-8-11-23(19-4-2-5-19)12-9-18(17)14-16;/h6-7,14,19H,2-5,8-13,15H2,1H3,(H,22,24);1H. The van der Waals surface area contributed by atoms with E-state index >= 15 is 0 Å². The maximum atomic E-state index is 12.4. The van der Waals surface area contributed by atoms with Crippen LogP contribution >= 0.6 is 12.4 Å². The second-order valence-electron chi connectivity index (χ2n) is 8.09. The molecule has 2 heterocycles. The van der Waals surface area contributed by atoms with Crippen molar-refractivity contribution in [2.45, 2.75) is 70.1 Å². The Kier molecular flexibility index (Phi) is 6.26. The Morgan fingerprint density at radius 2 is 2.00 bits per heavy atom. The maximum absolute atomic E-state index is 12.4. The fraction of sp³-hybridized carbons (Fsp3) is 0.667. The Morgan fingerprint density at radius 3 is 2.65 bits per heavy atom. The summed E-state index contributed by atoms with van der Waals surface area (Å²) >= 11 is 0. The molecule has 4 rings (SSSR count). The average Bonchev–Trinajstić information content (AvgIpc) is 2.92. The Hall–Kier alpha value is -1.10. The molecule has 1 unspecified atom stereocenters. The van der Waals surface area contributed by atoms with Crippen molar-refractivity contribution in [3.8, 4) is 0 Å². The normalized spacial score (nSPS) is 26.3. The van der Waals surface area contributed by atoms with Crippen LogP contribution in [-0.2, 0) is 28.9 Å². The Labute approximate surface area is 163 Å². The monoisotopic (exact) mass is 378 g/mol. The molecule has 2 aliphatic heterocycles. The molecule has 4 nitrogen and oxygen atoms in total. The van der Waals surface area contributed by atoms with Crippen LogP contribution in [0, 0.1) is 0 Å². The van der Waals surface area contributed by atoms with Crippen LogP contribution in [0.3, 0.4) is 0 Å². The van der Waals surface area contributed by atoms with E-state index in [-0.39, 0.29) is 18.3 Å². The predicted octanol–water partition coefficient (Wildman–Crippen LogP) is 3.25. The summed E-state index contributed by atoms with van der Waals surface area (Å²) in [7, 11) is 0. The number of rotatable bonds is 4. The van der Waals surface area contributed by atoms with Crippen molar-refractivity contribution in [1.82, 2.24) is 10.2 Å². The molecular weight excluding hydrogens is 348 g/mol. The third-order valence-corrected chi connectivity index (χ3v) is 6.35. The van der Waals surface area contributed by atoms with Crippen molar-refractivity contribution in [2.75, 3.05) is 19.7 Å². The van der Waals surface area contributed by atoms with Gasteiger partial charge in [0.25, 0.3) is 5.91 Å². The number of benzene rings is 1. The van der Waals surface area contributed by atoms with E-state index in [1.807, 2.05) is 6.92 Å². The SMILES string of the molecule is CC1(C(=O)NCc2ccc3c(c2)CCN(C2CCC2)CC3)CCCO1.Cl. The molecule has 1 aromatic rings. The maximum Gasteiger partial charge on any atom is 0.252 e. The van der Waals surface area contributed by atoms with Gasteiger partial charge in [-0.05, 0) is 62.1 Å². The Balaban J connectivity index is 0.00000196. The highest BCUT2D eigenvalue weighted by atomic mass is 35.5. The number of nitrogens with zero attached hydrogens (tertiary/aromatic N) is 1. The highest BCUT2D eigenvalue weighted by Gasteiger charge is 2.37. The molecule has 144 valence electrons. The van der Waals surface area contributed by atoms with E-state index < -0.39 is 5.60 Å². The number of carbonyl (C=O) groups excluding carboxylic acids is 1. The quantitative estimate of drug-likeness (QED) is 0.874. The van der Waals surface area contributed by atoms with Gasteiger partial charge in [0.15, 0.2) is 0 Å². The molecule has 0 aromatic heterocycles. The number of hydrogen-bond acceptors (Lipinski definition) is 3. The minimum atomic E-state index is -0.630. The van der Waals surface area contributed by atoms with Crippen LogP contribution in [-0.4, -0.2) is 42.1 Å². The topological polar surface area (TPSA) is 41.6 Å². The highest BCUT2D eigenvalue weighted by molar-refractivity contribution is 5.85. The summed E-state index contributed by atoms with van der Waals surface area (Å²) in [6.45, 7) is 5.57. The van der Waals surface area contributed by atoms with Crippen LogP contribution in [0.15, 0.2) is 18.2 Å². The van der Waals surface area contributed by atoms with E-state index in [0.717, 1.165) is 31.7 Å². The summed E-state index contributed by atoms with van der Waals surface area (Å²) < 4.78 is 5.63. The molecule has 1 N–H and O–H groups in total. The first-order valence-corrected chi connectivity index (χ1v) is 9.91. The lowest BCUT2D eigenvalue weighted by molar-refractivity contribution is -0.139. The summed E-state index contributed by atoms with van der Waals surface area (Å²) in [5.41, 5.74) is 3.53. The lowest BCUT2D eigenvalue weighted by Gasteiger charge is -2.36. The lowest BCUT2D eigenvalue weighted by atomic mass is 9.91. The summed E-state index contributed by atoms with van der Waals surface area (Å²) in [6.07, 6.45) is 8.25. The highest BCUT2D eigenvalue weighted by Crippen LogP contribution is 2.28. The molecule has 1 atom stereocenters. The van der Waals surface area contributed by atoms with Gasteiger partial charge in [0, 0.05) is 32.3 Å². The van der Waals surface area contributed by atoms with Crippen molar-refractivity contribution in [3.63, 3.8) is 0 Å². The number of nitrogens with one attached hydrogen (secondary N) is 1. The van der Waals surface area contributed by atoms with Gasteiger partial charge in [0.05, 0.1) is 0 Å². The van der Waals surface area contributed by atoms with E-state index in [9.17, 15) is 4.79 Å². The van der Waals surface area contributed by atoms with Crippen molar-refractivity contribution in [3.05, 3.63) is 34.9 Å². The fourth-order valence-corrected chi connectivity index (χ4v) is 4.35. The van der Waals surface area contributed by atoms with Crippen molar-refractivity contribution in [1.29, 1.82) is 0 Å². The van der Waals surface area contributed by atoms with Crippen LogP contribution in [0.5, 0.6) is 0 Å². The van der Waals surface area contributed by atoms with Crippen LogP contribution in [0.25, 0.3) is 0 Å². The molecule has 2 fully saturated rings. The van der Waals surface area contributed by atoms with E-state index in [2.05, 4.69) is 28.4 Å². The van der Waals surface area contributed by atoms with Gasteiger partial charge in [-0.15, -0.1) is 12.4 Å². The predicted molar refractivity (Wildman–Crippen MR) is 106 cm³/mol. The van der Waals surface area contributed by atoms with Crippen LogP contribution in [0.4, 0.5) is 0 Å². The van der Waals surface area contributed by atoms with Gasteiger partial charge in [-0.2, -0.15) is 0 Å². The first-order chi connectivity index (χ1) is 12.1. The molecule has 1 saturated carbocycles. The molecule has 1 saturated heterocycles. The zero-order valence-electron chi connectivity index (χ0n) is 15.8. The third kappa shape index (κ3) is 4.08. The van der Waals surface area contributed by atoms with Crippen molar-refractivity contribution >= 4 is 18.3 Å². The molecule has 0 radical (unpaired) electrons. The number of ether oxygens (including phenoxy) is 1. The third-order valence-electron chi connectivity index (χ3n) is 6.35. The lowest BCUT2D eigenvalue weighted by Crippen LogP contribution is -2.43. The first kappa shape index (κ1) is 19.7. The molecule has 1 amide bonds. The van der Waals surface area contributed by atoms with E-state index in [1.54, 1.807) is 0 Å². The molecule has 1 aliphatic carbocycles. The smallest absolute Gasteiger partial charge is 0.252 e. The molecular formula is C21H31ClN2O2. The van der Waals surface area contributed by atoms with Gasteiger partial charge in [0.1, 0.15) is 5.60 Å².